The Morgan fingerprint density at radius 3 is 2.65 bits per heavy atom. The number of benzene rings is 1. The monoisotopic (exact) mass is 653 g/mol. The normalized spacial score (nSPS) is 17.7. The van der Waals surface area contributed by atoms with Crippen molar-refractivity contribution in [2.24, 2.45) is 0 Å². The molecule has 46 heavy (non-hydrogen) atoms. The van der Waals surface area contributed by atoms with Crippen molar-refractivity contribution in [3.63, 3.8) is 0 Å². The molecule has 10 nitrogen and oxygen atoms in total. The fourth-order valence-corrected chi connectivity index (χ4v) is 7.60. The van der Waals surface area contributed by atoms with Gasteiger partial charge in [-0.3, -0.25) is 14.6 Å². The molecule has 3 N–H and O–H groups in total. The summed E-state index contributed by atoms with van der Waals surface area (Å²) in [6, 6.07) is 10.4. The third kappa shape index (κ3) is 6.91. The average molecular weight is 654 g/mol. The largest absolute Gasteiger partial charge is 0.393 e. The number of nitriles is 1. The summed E-state index contributed by atoms with van der Waals surface area (Å²) in [5.74, 6) is 0.973. The Balaban J connectivity index is 1.12. The number of carbonyl (C=O) groups is 1. The van der Waals surface area contributed by atoms with Gasteiger partial charge in [0.25, 0.3) is 0 Å². The van der Waals surface area contributed by atoms with E-state index in [1.165, 1.54) is 5.56 Å². The van der Waals surface area contributed by atoms with Crippen LogP contribution in [0.1, 0.15) is 41.5 Å². The van der Waals surface area contributed by atoms with Gasteiger partial charge in [0, 0.05) is 74.2 Å². The first-order chi connectivity index (χ1) is 22.0. The van der Waals surface area contributed by atoms with Crippen LogP contribution in [0.2, 0.25) is 0 Å². The Kier molecular flexibility index (Phi) is 9.09. The van der Waals surface area contributed by atoms with Crippen LogP contribution >= 0.6 is 11.3 Å². The fourth-order valence-electron chi connectivity index (χ4n) is 6.54. The number of carbonyl (C=O) groups excluding carboxylic acids is 1. The highest BCUT2D eigenvalue weighted by molar-refractivity contribution is 7.18. The lowest BCUT2D eigenvalue weighted by atomic mass is 10.0. The molecule has 0 aliphatic carbocycles. The number of likely N-dealkylation sites (tertiary alicyclic amines) is 1. The highest BCUT2D eigenvalue weighted by Crippen LogP contribution is 2.35. The van der Waals surface area contributed by atoms with Gasteiger partial charge in [-0.05, 0) is 56.0 Å². The lowest BCUT2D eigenvalue weighted by Gasteiger charge is -2.33. The second kappa shape index (κ2) is 13.1. The second-order valence-corrected chi connectivity index (χ2v) is 13.4. The molecule has 0 unspecified atom stereocenters. The highest BCUT2D eigenvalue weighted by atomic mass is 32.1. The predicted octanol–water partition coefficient (Wildman–Crippen LogP) is 4.87. The van der Waals surface area contributed by atoms with Crippen LogP contribution in [0, 0.1) is 18.3 Å². The lowest BCUT2D eigenvalue weighted by Crippen LogP contribution is -2.51. The first-order valence-electron chi connectivity index (χ1n) is 15.6. The molecule has 244 valence electrons. The minimum atomic E-state index is -4.28. The summed E-state index contributed by atoms with van der Waals surface area (Å²) in [5.41, 5.74) is 4.02. The summed E-state index contributed by atoms with van der Waals surface area (Å²) in [7, 11) is 1.69. The minimum Gasteiger partial charge on any atom is -0.367 e. The van der Waals surface area contributed by atoms with Crippen LogP contribution in [0.25, 0.3) is 21.1 Å². The third-order valence-corrected chi connectivity index (χ3v) is 10.1. The maximum atomic E-state index is 13.1. The topological polar surface area (TPSA) is 114 Å². The number of nitrogens with one attached hydrogen (secondary N) is 3. The molecule has 5 heterocycles. The summed E-state index contributed by atoms with van der Waals surface area (Å²) >= 11 is 1.05. The number of rotatable bonds is 9. The number of hydrogen-bond acceptors (Lipinski definition) is 9. The number of aromatic nitrogens is 3. The van der Waals surface area contributed by atoms with Crippen molar-refractivity contribution < 1.29 is 18.0 Å². The fraction of sp³-hybridized carbons (Fsp3) is 0.500. The van der Waals surface area contributed by atoms with Gasteiger partial charge in [0.15, 0.2) is 0 Å². The number of amides is 1. The Bertz CT molecular complexity index is 1790. The van der Waals surface area contributed by atoms with Crippen molar-refractivity contribution in [2.75, 3.05) is 50.4 Å². The van der Waals surface area contributed by atoms with E-state index in [0.717, 1.165) is 66.8 Å². The summed E-state index contributed by atoms with van der Waals surface area (Å²) in [6.45, 7) is 9.14. The molecular formula is C32H38F3N9OS. The molecule has 0 spiro atoms. The Labute approximate surface area is 269 Å². The van der Waals surface area contributed by atoms with Gasteiger partial charge in [0.1, 0.15) is 22.4 Å². The van der Waals surface area contributed by atoms with E-state index in [9.17, 15) is 23.2 Å². The molecule has 2 saturated heterocycles. The van der Waals surface area contributed by atoms with Gasteiger partial charge in [-0.2, -0.15) is 23.4 Å². The zero-order chi connectivity index (χ0) is 32.6. The smallest absolute Gasteiger partial charge is 0.367 e. The van der Waals surface area contributed by atoms with Crippen molar-refractivity contribution in [1.82, 2.24) is 29.7 Å². The molecule has 2 aliphatic heterocycles. The van der Waals surface area contributed by atoms with Crippen LogP contribution in [0.5, 0.6) is 0 Å². The van der Waals surface area contributed by atoms with E-state index in [2.05, 4.69) is 72.3 Å². The Morgan fingerprint density at radius 1 is 1.17 bits per heavy atom. The van der Waals surface area contributed by atoms with Gasteiger partial charge >= 0.3 is 6.18 Å². The standard InChI is InChI=1S/C32H38F3N9OS/c1-19(43-11-8-38-28(45)18-43)16-44-23(15-36)12-25-20(2)21(4-5-27(25)44)17-42-9-6-22(7-10-42)39-29-26-13-24(14-32(33,34)35)46-30(26)41-31(37-3)40-29/h4-5,12-13,19,22H,6-11,14,16-18H2,1-3H3,(H,38,45)(H2,37,39,40,41)/t19-/m0/s1. The molecule has 1 atom stereocenters. The Morgan fingerprint density at radius 2 is 1.96 bits per heavy atom. The Hall–Kier alpha value is -3.93. The molecular weight excluding hydrogens is 615 g/mol. The molecule has 0 saturated carbocycles. The van der Waals surface area contributed by atoms with E-state index in [1.54, 1.807) is 13.1 Å². The number of anilines is 2. The quantitative estimate of drug-likeness (QED) is 0.235. The van der Waals surface area contributed by atoms with E-state index < -0.39 is 12.6 Å². The number of nitrogens with zero attached hydrogens (tertiary/aromatic N) is 6. The van der Waals surface area contributed by atoms with E-state index in [-0.39, 0.29) is 22.9 Å². The summed E-state index contributed by atoms with van der Waals surface area (Å²) in [6.07, 6.45) is -3.53. The van der Waals surface area contributed by atoms with E-state index in [4.69, 9.17) is 0 Å². The van der Waals surface area contributed by atoms with Crippen LogP contribution in [0.4, 0.5) is 24.9 Å². The van der Waals surface area contributed by atoms with Gasteiger partial charge < -0.3 is 20.5 Å². The number of thiophene rings is 1. The highest BCUT2D eigenvalue weighted by Gasteiger charge is 2.30. The van der Waals surface area contributed by atoms with E-state index >= 15 is 0 Å². The molecule has 1 amide bonds. The van der Waals surface area contributed by atoms with Gasteiger partial charge in [-0.25, -0.2) is 4.98 Å². The number of halogens is 3. The van der Waals surface area contributed by atoms with Gasteiger partial charge in [-0.1, -0.05) is 6.07 Å². The van der Waals surface area contributed by atoms with Crippen molar-refractivity contribution in [2.45, 2.75) is 64.5 Å². The maximum absolute atomic E-state index is 13.1. The van der Waals surface area contributed by atoms with E-state index in [1.807, 2.05) is 6.07 Å². The molecule has 2 aliphatic rings. The minimum absolute atomic E-state index is 0.0337. The average Bonchev–Trinajstić information content (AvgIpc) is 3.59. The van der Waals surface area contributed by atoms with Gasteiger partial charge in [0.05, 0.1) is 18.4 Å². The van der Waals surface area contributed by atoms with E-state index in [0.29, 0.717) is 47.3 Å². The number of piperidine rings is 1. The maximum Gasteiger partial charge on any atom is 0.393 e. The van der Waals surface area contributed by atoms with Crippen molar-refractivity contribution in [3.8, 4) is 6.07 Å². The van der Waals surface area contributed by atoms with Crippen LogP contribution in [-0.4, -0.2) is 88.3 Å². The van der Waals surface area contributed by atoms with Crippen molar-refractivity contribution in [3.05, 3.63) is 46.0 Å². The van der Waals surface area contributed by atoms with Crippen molar-refractivity contribution in [1.29, 1.82) is 5.26 Å². The molecule has 0 radical (unpaired) electrons. The van der Waals surface area contributed by atoms with Gasteiger partial charge in [-0.15, -0.1) is 11.3 Å². The molecule has 1 aromatic carbocycles. The molecule has 4 aromatic rings. The van der Waals surface area contributed by atoms with Crippen LogP contribution in [-0.2, 0) is 24.3 Å². The number of aryl methyl sites for hydroxylation is 1. The van der Waals surface area contributed by atoms with Crippen LogP contribution < -0.4 is 16.0 Å². The number of alkyl halides is 3. The van der Waals surface area contributed by atoms with Crippen LogP contribution in [0.3, 0.4) is 0 Å². The second-order valence-electron chi connectivity index (χ2n) is 12.3. The summed E-state index contributed by atoms with van der Waals surface area (Å²) in [4.78, 5) is 26.2. The molecule has 0 bridgehead atoms. The first kappa shape index (κ1) is 32.0. The van der Waals surface area contributed by atoms with Gasteiger partial charge in [0.2, 0.25) is 11.9 Å². The predicted molar refractivity (Wildman–Crippen MR) is 174 cm³/mol. The lowest BCUT2D eigenvalue weighted by molar-refractivity contribution is -0.127. The number of fused-ring (bicyclic) bond motifs is 2. The first-order valence-corrected chi connectivity index (χ1v) is 16.4. The zero-order valence-electron chi connectivity index (χ0n) is 26.2. The summed E-state index contributed by atoms with van der Waals surface area (Å²) < 4.78 is 41.2. The molecule has 6 rings (SSSR count). The number of piperazine rings is 1. The molecule has 2 fully saturated rings. The van der Waals surface area contributed by atoms with Crippen molar-refractivity contribution >= 4 is 50.1 Å². The number of hydrogen-bond donors (Lipinski definition) is 3. The van der Waals surface area contributed by atoms with Crippen LogP contribution in [0.15, 0.2) is 24.3 Å². The SMILES string of the molecule is CNc1nc(NC2CCN(Cc3ccc4c(cc(C#N)n4C[C@H](C)N4CCNC(=O)C4)c3C)CC2)c2cc(CC(F)(F)F)sc2n1. The third-order valence-electron chi connectivity index (χ3n) is 9.08. The zero-order valence-corrected chi connectivity index (χ0v) is 27.0. The summed E-state index contributed by atoms with van der Waals surface area (Å²) in [5, 5.41) is 20.9. The molecule has 14 heteroatoms. The molecule has 3 aromatic heterocycles.